The second kappa shape index (κ2) is 8.18. The smallest absolute Gasteiger partial charge is 0.263 e. The van der Waals surface area contributed by atoms with Crippen molar-refractivity contribution >= 4 is 17.5 Å². The highest BCUT2D eigenvalue weighted by Crippen LogP contribution is 2.28. The molecule has 1 unspecified atom stereocenters. The predicted octanol–water partition coefficient (Wildman–Crippen LogP) is 2.83. The van der Waals surface area contributed by atoms with Crippen molar-refractivity contribution < 1.29 is 23.5 Å². The molecule has 0 aliphatic carbocycles. The van der Waals surface area contributed by atoms with Crippen molar-refractivity contribution in [2.45, 2.75) is 19.6 Å². The van der Waals surface area contributed by atoms with Gasteiger partial charge >= 0.3 is 0 Å². The number of anilines is 1. The molecule has 2 amide bonds. The van der Waals surface area contributed by atoms with Gasteiger partial charge in [0.25, 0.3) is 11.8 Å². The van der Waals surface area contributed by atoms with Crippen molar-refractivity contribution in [3.8, 4) is 5.75 Å². The van der Waals surface area contributed by atoms with Crippen LogP contribution in [0, 0.1) is 5.82 Å². The van der Waals surface area contributed by atoms with E-state index in [1.165, 1.54) is 24.3 Å². The van der Waals surface area contributed by atoms with Gasteiger partial charge in [-0.05, 0) is 49.4 Å². The first-order chi connectivity index (χ1) is 13.0. The molecule has 0 fully saturated rings. The van der Waals surface area contributed by atoms with Gasteiger partial charge in [0.1, 0.15) is 11.6 Å². The summed E-state index contributed by atoms with van der Waals surface area (Å²) in [4.78, 5) is 26.4. The number of carbonyl (C=O) groups is 2. The molecule has 142 valence electrons. The molecular weight excluding hydrogens is 351 g/mol. The van der Waals surface area contributed by atoms with Gasteiger partial charge in [-0.25, -0.2) is 4.39 Å². The van der Waals surface area contributed by atoms with Crippen LogP contribution in [0.1, 0.15) is 22.8 Å². The summed E-state index contributed by atoms with van der Waals surface area (Å²) in [5.74, 6) is -0.246. The molecule has 1 atom stereocenters. The fraction of sp³-hybridized carbons (Fsp3) is 0.300. The Labute approximate surface area is 156 Å². The Hall–Kier alpha value is -2.93. The number of hydrogen-bond acceptors (Lipinski definition) is 4. The predicted molar refractivity (Wildman–Crippen MR) is 98.2 cm³/mol. The minimum Gasteiger partial charge on any atom is -0.481 e. The maximum Gasteiger partial charge on any atom is 0.263 e. The standard InChI is InChI=1S/C20H21FN2O4/c1-13-20(25)23(9-10-26-2)12-15-11-17(7-8-18(15)27-13)22-19(24)14-3-5-16(21)6-4-14/h3-8,11,13H,9-10,12H2,1-2H3,(H,22,24). The molecule has 6 nitrogen and oxygen atoms in total. The highest BCUT2D eigenvalue weighted by atomic mass is 19.1. The second-order valence-corrected chi connectivity index (χ2v) is 6.30. The number of hydrogen-bond donors (Lipinski definition) is 1. The third-order valence-electron chi connectivity index (χ3n) is 4.31. The number of carbonyl (C=O) groups excluding carboxylic acids is 2. The third kappa shape index (κ3) is 4.43. The number of rotatable bonds is 5. The summed E-state index contributed by atoms with van der Waals surface area (Å²) in [6.45, 7) is 2.95. The molecule has 0 radical (unpaired) electrons. The first kappa shape index (κ1) is 18.8. The van der Waals surface area contributed by atoms with Crippen LogP contribution in [-0.2, 0) is 16.1 Å². The van der Waals surface area contributed by atoms with Gasteiger partial charge in [-0.3, -0.25) is 9.59 Å². The zero-order chi connectivity index (χ0) is 19.4. The lowest BCUT2D eigenvalue weighted by Gasteiger charge is -2.21. The van der Waals surface area contributed by atoms with Gasteiger partial charge in [0.15, 0.2) is 6.10 Å². The van der Waals surface area contributed by atoms with Gasteiger partial charge in [-0.1, -0.05) is 0 Å². The Bertz CT molecular complexity index is 838. The van der Waals surface area contributed by atoms with E-state index in [2.05, 4.69) is 5.32 Å². The Kier molecular flexibility index (Phi) is 5.71. The van der Waals surface area contributed by atoms with Gasteiger partial charge in [-0.2, -0.15) is 0 Å². The van der Waals surface area contributed by atoms with Crippen LogP contribution in [0.25, 0.3) is 0 Å². The number of amides is 2. The molecule has 0 aromatic heterocycles. The van der Waals surface area contributed by atoms with Crippen molar-refractivity contribution in [1.29, 1.82) is 0 Å². The summed E-state index contributed by atoms with van der Waals surface area (Å²) in [7, 11) is 1.58. The minimum absolute atomic E-state index is 0.111. The van der Waals surface area contributed by atoms with Crippen LogP contribution < -0.4 is 10.1 Å². The topological polar surface area (TPSA) is 67.9 Å². The first-order valence-corrected chi connectivity index (χ1v) is 8.62. The van der Waals surface area contributed by atoms with Gasteiger partial charge in [0, 0.05) is 37.0 Å². The van der Waals surface area contributed by atoms with E-state index < -0.39 is 11.9 Å². The maximum atomic E-state index is 13.0. The molecule has 2 aromatic carbocycles. The second-order valence-electron chi connectivity index (χ2n) is 6.30. The molecule has 0 saturated carbocycles. The maximum absolute atomic E-state index is 13.0. The van der Waals surface area contributed by atoms with Crippen molar-refractivity contribution in [1.82, 2.24) is 4.90 Å². The van der Waals surface area contributed by atoms with Crippen LogP contribution >= 0.6 is 0 Å². The highest BCUT2D eigenvalue weighted by Gasteiger charge is 2.27. The summed E-state index contributed by atoms with van der Waals surface area (Å²) in [5, 5.41) is 2.78. The molecule has 3 rings (SSSR count). The lowest BCUT2D eigenvalue weighted by atomic mass is 10.1. The molecule has 7 heteroatoms. The fourth-order valence-corrected chi connectivity index (χ4v) is 2.87. The normalized spacial score (nSPS) is 16.3. The minimum atomic E-state index is -0.595. The van der Waals surface area contributed by atoms with Crippen LogP contribution in [0.5, 0.6) is 5.75 Å². The number of fused-ring (bicyclic) bond motifs is 1. The van der Waals surface area contributed by atoms with E-state index in [9.17, 15) is 14.0 Å². The molecule has 27 heavy (non-hydrogen) atoms. The third-order valence-corrected chi connectivity index (χ3v) is 4.31. The highest BCUT2D eigenvalue weighted by molar-refractivity contribution is 6.04. The first-order valence-electron chi connectivity index (χ1n) is 8.62. The molecule has 1 N–H and O–H groups in total. The Balaban J connectivity index is 1.80. The molecule has 1 aliphatic rings. The van der Waals surface area contributed by atoms with Crippen molar-refractivity contribution in [2.75, 3.05) is 25.6 Å². The molecule has 0 spiro atoms. The Morgan fingerprint density at radius 1 is 1.30 bits per heavy atom. The summed E-state index contributed by atoms with van der Waals surface area (Å²) in [6, 6.07) is 10.5. The Morgan fingerprint density at radius 2 is 2.04 bits per heavy atom. The number of nitrogens with one attached hydrogen (secondary N) is 1. The van der Waals surface area contributed by atoms with E-state index in [1.54, 1.807) is 37.1 Å². The van der Waals surface area contributed by atoms with Gasteiger partial charge < -0.3 is 19.7 Å². The average Bonchev–Trinajstić information content (AvgIpc) is 2.77. The zero-order valence-corrected chi connectivity index (χ0v) is 15.2. The molecule has 0 saturated heterocycles. The van der Waals surface area contributed by atoms with Crippen LogP contribution in [0.2, 0.25) is 0 Å². The SMILES string of the molecule is COCCN1Cc2cc(NC(=O)c3ccc(F)cc3)ccc2OC(C)C1=O. The number of nitrogens with zero attached hydrogens (tertiary/aromatic N) is 1. The summed E-state index contributed by atoms with van der Waals surface area (Å²) >= 11 is 0. The molecule has 1 heterocycles. The summed E-state index contributed by atoms with van der Waals surface area (Å²) in [6.07, 6.45) is -0.595. The lowest BCUT2D eigenvalue weighted by molar-refractivity contribution is -0.138. The van der Waals surface area contributed by atoms with E-state index in [4.69, 9.17) is 9.47 Å². The average molecular weight is 372 g/mol. The molecular formula is C20H21FN2O4. The molecule has 1 aliphatic heterocycles. The molecule has 2 aromatic rings. The van der Waals surface area contributed by atoms with Gasteiger partial charge in [0.05, 0.1) is 6.61 Å². The number of methoxy groups -OCH3 is 1. The lowest BCUT2D eigenvalue weighted by Crippen LogP contribution is -2.39. The van der Waals surface area contributed by atoms with Gasteiger partial charge in [0.2, 0.25) is 0 Å². The summed E-state index contributed by atoms with van der Waals surface area (Å²) in [5.41, 5.74) is 1.72. The number of ether oxygens (including phenoxy) is 2. The number of halogens is 1. The van der Waals surface area contributed by atoms with E-state index in [1.807, 2.05) is 0 Å². The van der Waals surface area contributed by atoms with Crippen molar-refractivity contribution in [2.24, 2.45) is 0 Å². The van der Waals surface area contributed by atoms with Crippen LogP contribution in [0.3, 0.4) is 0 Å². The van der Waals surface area contributed by atoms with E-state index in [0.29, 0.717) is 36.7 Å². The quantitative estimate of drug-likeness (QED) is 0.876. The monoisotopic (exact) mass is 372 g/mol. The van der Waals surface area contributed by atoms with Crippen LogP contribution in [0.15, 0.2) is 42.5 Å². The van der Waals surface area contributed by atoms with Crippen molar-refractivity contribution in [3.05, 3.63) is 59.4 Å². The molecule has 0 bridgehead atoms. The fourth-order valence-electron chi connectivity index (χ4n) is 2.87. The van der Waals surface area contributed by atoms with E-state index >= 15 is 0 Å². The number of benzene rings is 2. The zero-order valence-electron chi connectivity index (χ0n) is 15.2. The van der Waals surface area contributed by atoms with Crippen molar-refractivity contribution in [3.63, 3.8) is 0 Å². The van der Waals surface area contributed by atoms with Crippen LogP contribution in [0.4, 0.5) is 10.1 Å². The van der Waals surface area contributed by atoms with E-state index in [-0.39, 0.29) is 11.8 Å². The Morgan fingerprint density at radius 3 is 2.74 bits per heavy atom. The van der Waals surface area contributed by atoms with Crippen LogP contribution in [-0.4, -0.2) is 43.1 Å². The summed E-state index contributed by atoms with van der Waals surface area (Å²) < 4.78 is 23.8. The largest absolute Gasteiger partial charge is 0.481 e. The van der Waals surface area contributed by atoms with E-state index in [0.717, 1.165) is 5.56 Å². The van der Waals surface area contributed by atoms with Gasteiger partial charge in [-0.15, -0.1) is 0 Å².